The van der Waals surface area contributed by atoms with Crippen LogP contribution in [0.15, 0.2) is 0 Å². The van der Waals surface area contributed by atoms with Gasteiger partial charge in [0.15, 0.2) is 0 Å². The van der Waals surface area contributed by atoms with Gasteiger partial charge in [-0.15, -0.1) is 0 Å². The Kier molecular flexibility index (Phi) is 43.5. The molecule has 0 unspecified atom stereocenters. The zero-order valence-electron chi connectivity index (χ0n) is 3.92. The minimum Gasteiger partial charge on any atom is -2.00 e. The van der Waals surface area contributed by atoms with Crippen LogP contribution in [0.4, 0.5) is 0 Å². The van der Waals surface area contributed by atoms with Crippen molar-refractivity contribution in [1.29, 1.82) is 0 Å². The van der Waals surface area contributed by atoms with E-state index in [-0.39, 0.29) is 77.1 Å². The summed E-state index contributed by atoms with van der Waals surface area (Å²) < 4.78 is 8.55. The van der Waals surface area contributed by atoms with E-state index in [1.807, 2.05) is 0 Å². The molecule has 0 spiro atoms. The van der Waals surface area contributed by atoms with Gasteiger partial charge in [0.05, 0.1) is 0 Å². The van der Waals surface area contributed by atoms with Crippen molar-refractivity contribution in [3.05, 3.63) is 0 Å². The van der Waals surface area contributed by atoms with Crippen molar-refractivity contribution < 1.29 is 58.6 Å². The van der Waals surface area contributed by atoms with Crippen LogP contribution >= 0.6 is 7.82 Å². The van der Waals surface area contributed by atoms with E-state index in [0.717, 1.165) is 0 Å². The van der Waals surface area contributed by atoms with Crippen molar-refractivity contribution in [3.8, 4) is 0 Å². The number of hydrogen-bond donors (Lipinski definition) is 0. The topological polar surface area (TPSA) is 115 Å². The molecule has 0 fully saturated rings. The molecular weight excluding hydrogens is 262 g/mol. The molecule has 0 N–H and O–H groups in total. The molecule has 0 amide bonds. The van der Waals surface area contributed by atoms with E-state index in [9.17, 15) is 0 Å². The number of rotatable bonds is 0. The molecule has 0 aromatic carbocycles. The summed E-state index contributed by atoms with van der Waals surface area (Å²) in [4.78, 5) is 25.6. The minimum absolute atomic E-state index is 0. The van der Waals surface area contributed by atoms with E-state index < -0.39 is 7.82 Å². The second kappa shape index (κ2) is 13.0. The van der Waals surface area contributed by atoms with E-state index in [2.05, 4.69) is 0 Å². The van der Waals surface area contributed by atoms with Gasteiger partial charge in [-0.05, 0) is 0 Å². The van der Waals surface area contributed by atoms with Gasteiger partial charge >= 0.3 is 71.6 Å². The average Bonchev–Trinajstić information content (AvgIpc) is 0.722. The molecule has 1 radical (unpaired) electrons. The van der Waals surface area contributed by atoms with Gasteiger partial charge < -0.3 is 24.7 Å². The van der Waals surface area contributed by atoms with Crippen LogP contribution in [0.3, 0.4) is 0 Å². The Balaban J connectivity index is -0.0000000133. The molecule has 9 heavy (non-hydrogen) atoms. The summed E-state index contributed by atoms with van der Waals surface area (Å²) in [5, 5.41) is 0. The van der Waals surface area contributed by atoms with Gasteiger partial charge in [-0.3, -0.25) is 0 Å². The smallest absolute Gasteiger partial charge is 2.00 e. The molecule has 0 aliphatic carbocycles. The third-order valence-corrected chi connectivity index (χ3v) is 0. The molecule has 0 aliphatic rings. The maximum absolute atomic E-state index is 8.55. The van der Waals surface area contributed by atoms with Gasteiger partial charge in [0, 0.05) is 0 Å². The molecule has 0 heterocycles. The first-order chi connectivity index (χ1) is 2.00. The number of hydrogen-bond acceptors (Lipinski definition) is 4. The van der Waals surface area contributed by atoms with Crippen molar-refractivity contribution in [3.63, 3.8) is 0 Å². The van der Waals surface area contributed by atoms with Crippen LogP contribution in [0, 0.1) is 0 Å². The molecule has 0 aromatic heterocycles. The van der Waals surface area contributed by atoms with E-state index in [1.54, 1.807) is 0 Å². The van der Waals surface area contributed by atoms with E-state index in [0.29, 0.717) is 0 Å². The monoisotopic (exact) mass is 261 g/mol. The molecule has 0 atom stereocenters. The Morgan fingerprint density at radius 1 is 1.11 bits per heavy atom. The summed E-state index contributed by atoms with van der Waals surface area (Å²) in [6.45, 7) is 0. The second-order valence-corrected chi connectivity index (χ2v) is 1.34. The molecule has 51 valence electrons. The van der Waals surface area contributed by atoms with Crippen LogP contribution in [0.2, 0.25) is 0 Å². The van der Waals surface area contributed by atoms with E-state index in [4.69, 9.17) is 19.2 Å². The van der Waals surface area contributed by atoms with Crippen molar-refractivity contribution in [2.45, 2.75) is 0 Å². The molecule has 0 saturated heterocycles. The van der Waals surface area contributed by atoms with Crippen molar-refractivity contribution in [2.24, 2.45) is 0 Å². The van der Waals surface area contributed by atoms with Crippen LogP contribution in [-0.4, -0.2) is 37.7 Å². The van der Waals surface area contributed by atoms with E-state index >= 15 is 0 Å². The zero-order valence-corrected chi connectivity index (χ0v) is 9.29. The fraction of sp³-hybridized carbons (Fsp3) is 0. The summed E-state index contributed by atoms with van der Waals surface area (Å²) in [6.07, 6.45) is 0. The maximum atomic E-state index is 8.55. The van der Waals surface area contributed by atoms with Gasteiger partial charge in [0.1, 0.15) is 0 Å². The quantitative estimate of drug-likeness (QED) is 0.335. The summed E-state index contributed by atoms with van der Waals surface area (Å²) in [6, 6.07) is 0. The fourth-order valence-corrected chi connectivity index (χ4v) is 0. The summed E-state index contributed by atoms with van der Waals surface area (Å²) in [7, 11) is -5.39. The average molecular weight is 262 g/mol. The minimum atomic E-state index is -5.39. The Bertz CT molecular complexity index is 63.1. The van der Waals surface area contributed by atoms with Gasteiger partial charge in [-0.25, -0.2) is 0 Å². The third-order valence-electron chi connectivity index (χ3n) is 0. The van der Waals surface area contributed by atoms with Gasteiger partial charge in [-0.1, -0.05) is 0 Å². The molecule has 0 aromatic rings. The molecule has 0 bridgehead atoms. The third kappa shape index (κ3) is 130. The van der Waals surface area contributed by atoms with Gasteiger partial charge in [0.2, 0.25) is 0 Å². The SMILES string of the molecule is O=P([O-])([O-])[O-].[Ca+2].[Cr+3].[Ni+2].[O-2]. The second-order valence-electron chi connectivity index (χ2n) is 0.447. The first-order valence-electron chi connectivity index (χ1n) is 0.730. The Morgan fingerprint density at radius 2 is 1.11 bits per heavy atom. The predicted molar refractivity (Wildman–Crippen MR) is 14.0 cm³/mol. The van der Waals surface area contributed by atoms with Crippen LogP contribution in [0.25, 0.3) is 0 Å². The Morgan fingerprint density at radius 3 is 1.11 bits per heavy atom. The molecular formula is CaCrNiO5P+2. The Hall–Kier alpha value is 2.36. The van der Waals surface area contributed by atoms with Gasteiger partial charge in [-0.2, -0.15) is 7.82 Å². The summed E-state index contributed by atoms with van der Waals surface area (Å²) in [5.74, 6) is 0. The fourth-order valence-electron chi connectivity index (χ4n) is 0. The van der Waals surface area contributed by atoms with Crippen molar-refractivity contribution >= 4 is 45.6 Å². The largest absolute Gasteiger partial charge is 3.00 e. The normalized spacial score (nSPS) is 6.56. The molecule has 0 aliphatic heterocycles. The first-order valence-corrected chi connectivity index (χ1v) is 2.19. The molecule has 9 heteroatoms. The van der Waals surface area contributed by atoms with Crippen LogP contribution in [0.1, 0.15) is 0 Å². The molecule has 0 saturated carbocycles. The van der Waals surface area contributed by atoms with Crippen molar-refractivity contribution in [1.82, 2.24) is 0 Å². The summed E-state index contributed by atoms with van der Waals surface area (Å²) in [5.41, 5.74) is 0. The van der Waals surface area contributed by atoms with E-state index in [1.165, 1.54) is 0 Å². The van der Waals surface area contributed by atoms with Crippen LogP contribution < -0.4 is 14.7 Å². The predicted octanol–water partition coefficient (Wildman–Crippen LogP) is -3.33. The van der Waals surface area contributed by atoms with Crippen LogP contribution in [-0.2, 0) is 43.9 Å². The number of phosphoric acid groups is 1. The Labute approximate surface area is 103 Å². The first kappa shape index (κ1) is 30.1. The van der Waals surface area contributed by atoms with Crippen molar-refractivity contribution in [2.75, 3.05) is 0 Å². The molecule has 0 rings (SSSR count). The standard InChI is InChI=1S/Ca.Cr.Ni.H3O4P.O/c;;;1-5(2,3)4;/h;;;(H3,1,2,3,4);/q+2;+3;+2;;-2/p-3. The summed E-state index contributed by atoms with van der Waals surface area (Å²) >= 11 is 0. The molecule has 5 nitrogen and oxygen atoms in total. The maximum Gasteiger partial charge on any atom is 3.00 e. The zero-order chi connectivity index (χ0) is 4.50. The van der Waals surface area contributed by atoms with Gasteiger partial charge in [0.25, 0.3) is 0 Å². The van der Waals surface area contributed by atoms with Crippen LogP contribution in [0.5, 0.6) is 0 Å².